The van der Waals surface area contributed by atoms with Crippen LogP contribution >= 0.6 is 0 Å². The van der Waals surface area contributed by atoms with Crippen molar-refractivity contribution in [1.29, 1.82) is 0 Å². The van der Waals surface area contributed by atoms with Crippen LogP contribution in [0.3, 0.4) is 0 Å². The number of amides is 2. The van der Waals surface area contributed by atoms with Gasteiger partial charge in [0.2, 0.25) is 5.91 Å². The summed E-state index contributed by atoms with van der Waals surface area (Å²) in [5.74, 6) is -0.422. The first-order valence-corrected chi connectivity index (χ1v) is 8.42. The summed E-state index contributed by atoms with van der Waals surface area (Å²) in [7, 11) is 1.52. The van der Waals surface area contributed by atoms with E-state index in [1.54, 1.807) is 37.3 Å². The van der Waals surface area contributed by atoms with E-state index in [4.69, 9.17) is 15.2 Å². The number of nitro groups is 1. The zero-order valence-electron chi connectivity index (χ0n) is 15.6. The van der Waals surface area contributed by atoms with E-state index in [0.29, 0.717) is 17.0 Å². The molecule has 9 nitrogen and oxygen atoms in total. The van der Waals surface area contributed by atoms with Gasteiger partial charge in [-0.25, -0.2) is 0 Å². The van der Waals surface area contributed by atoms with Crippen molar-refractivity contribution in [3.63, 3.8) is 0 Å². The number of methoxy groups -OCH3 is 1. The van der Waals surface area contributed by atoms with Crippen molar-refractivity contribution in [2.75, 3.05) is 25.2 Å². The lowest BCUT2D eigenvalue weighted by atomic mass is 10.2. The number of aryl methyl sites for hydroxylation is 1. The van der Waals surface area contributed by atoms with Gasteiger partial charge in [-0.2, -0.15) is 0 Å². The van der Waals surface area contributed by atoms with E-state index in [1.807, 2.05) is 0 Å². The average Bonchev–Trinajstić information content (AvgIpc) is 2.67. The Labute approximate surface area is 161 Å². The highest BCUT2D eigenvalue weighted by Crippen LogP contribution is 2.28. The van der Waals surface area contributed by atoms with Crippen molar-refractivity contribution in [2.45, 2.75) is 13.3 Å². The number of benzene rings is 2. The standard InChI is InChI=1S/C19H21N3O6/c1-13-3-8-17(16(11-13)22(25)26)28-12-19(24)21(10-9-18(20)23)14-4-6-15(27-2)7-5-14/h3-8,11H,9-10,12H2,1-2H3,(H2,20,23). The van der Waals surface area contributed by atoms with Crippen molar-refractivity contribution < 1.29 is 24.0 Å². The molecule has 0 saturated carbocycles. The molecule has 0 fully saturated rings. The third-order valence-electron chi connectivity index (χ3n) is 3.93. The summed E-state index contributed by atoms with van der Waals surface area (Å²) in [5, 5.41) is 11.2. The van der Waals surface area contributed by atoms with E-state index in [-0.39, 0.29) is 24.4 Å². The molecular weight excluding hydrogens is 366 g/mol. The number of hydrogen-bond acceptors (Lipinski definition) is 6. The number of carbonyl (C=O) groups excluding carboxylic acids is 2. The summed E-state index contributed by atoms with van der Waals surface area (Å²) < 4.78 is 10.5. The summed E-state index contributed by atoms with van der Waals surface area (Å²) in [6.07, 6.45) is -0.0392. The molecule has 0 atom stereocenters. The third kappa shape index (κ3) is 5.44. The normalized spacial score (nSPS) is 10.2. The van der Waals surface area contributed by atoms with Gasteiger partial charge in [0.25, 0.3) is 5.91 Å². The Balaban J connectivity index is 2.18. The van der Waals surface area contributed by atoms with E-state index in [1.165, 1.54) is 24.1 Å². The van der Waals surface area contributed by atoms with Gasteiger partial charge in [-0.1, -0.05) is 6.07 Å². The minimum absolute atomic E-state index is 0.00599. The maximum Gasteiger partial charge on any atom is 0.311 e. The lowest BCUT2D eigenvalue weighted by Crippen LogP contribution is -2.37. The van der Waals surface area contributed by atoms with E-state index in [0.717, 1.165) is 0 Å². The maximum absolute atomic E-state index is 12.7. The second kappa shape index (κ2) is 9.36. The van der Waals surface area contributed by atoms with E-state index >= 15 is 0 Å². The summed E-state index contributed by atoms with van der Waals surface area (Å²) >= 11 is 0. The highest BCUT2D eigenvalue weighted by Gasteiger charge is 2.20. The number of hydrogen-bond donors (Lipinski definition) is 1. The molecule has 148 valence electrons. The molecule has 0 spiro atoms. The molecule has 0 aliphatic rings. The molecule has 9 heteroatoms. The Bertz CT molecular complexity index is 866. The first kappa shape index (κ1) is 20.7. The third-order valence-corrected chi connectivity index (χ3v) is 3.93. The SMILES string of the molecule is COc1ccc(N(CCC(N)=O)C(=O)COc2ccc(C)cc2[N+](=O)[O-])cc1. The number of carbonyl (C=O) groups is 2. The van der Waals surface area contributed by atoms with Crippen LogP contribution in [-0.2, 0) is 9.59 Å². The summed E-state index contributed by atoms with van der Waals surface area (Å²) in [6, 6.07) is 11.1. The molecule has 28 heavy (non-hydrogen) atoms. The number of nitrogens with zero attached hydrogens (tertiary/aromatic N) is 2. The maximum atomic E-state index is 12.7. The average molecular weight is 387 g/mol. The van der Waals surface area contributed by atoms with Gasteiger partial charge >= 0.3 is 5.69 Å². The monoisotopic (exact) mass is 387 g/mol. The van der Waals surface area contributed by atoms with Crippen LogP contribution in [0.15, 0.2) is 42.5 Å². The Hall–Kier alpha value is -3.62. The van der Waals surface area contributed by atoms with Crippen LogP contribution in [-0.4, -0.2) is 37.0 Å². The number of rotatable bonds is 9. The zero-order chi connectivity index (χ0) is 20.7. The van der Waals surface area contributed by atoms with Gasteiger partial charge in [-0.3, -0.25) is 19.7 Å². The van der Waals surface area contributed by atoms with Crippen molar-refractivity contribution in [2.24, 2.45) is 5.73 Å². The molecule has 2 amide bonds. The molecule has 0 aromatic heterocycles. The molecule has 2 N–H and O–H groups in total. The summed E-state index contributed by atoms with van der Waals surface area (Å²) in [4.78, 5) is 35.8. The Morgan fingerprint density at radius 3 is 2.43 bits per heavy atom. The molecule has 0 aliphatic carbocycles. The summed E-state index contributed by atoms with van der Waals surface area (Å²) in [5.41, 5.74) is 6.20. The number of nitrogens with two attached hydrogens (primary N) is 1. The van der Waals surface area contributed by atoms with Crippen LogP contribution < -0.4 is 20.1 Å². The smallest absolute Gasteiger partial charge is 0.311 e. The second-order valence-electron chi connectivity index (χ2n) is 5.98. The first-order chi connectivity index (χ1) is 13.3. The fraction of sp³-hybridized carbons (Fsp3) is 0.263. The van der Waals surface area contributed by atoms with Crippen molar-refractivity contribution in [1.82, 2.24) is 0 Å². The van der Waals surface area contributed by atoms with Gasteiger partial charge in [0.1, 0.15) is 5.75 Å². The van der Waals surface area contributed by atoms with Gasteiger partial charge in [-0.15, -0.1) is 0 Å². The molecular formula is C19H21N3O6. The van der Waals surface area contributed by atoms with Gasteiger partial charge in [0, 0.05) is 24.7 Å². The molecule has 2 rings (SSSR count). The van der Waals surface area contributed by atoms with Gasteiger partial charge in [0.15, 0.2) is 12.4 Å². The molecule has 0 saturated heterocycles. The minimum Gasteiger partial charge on any atom is -0.497 e. The molecule has 0 heterocycles. The lowest BCUT2D eigenvalue weighted by molar-refractivity contribution is -0.385. The van der Waals surface area contributed by atoms with Crippen LogP contribution in [0.4, 0.5) is 11.4 Å². The Morgan fingerprint density at radius 2 is 1.86 bits per heavy atom. The quantitative estimate of drug-likeness (QED) is 0.519. The fourth-order valence-electron chi connectivity index (χ4n) is 2.49. The molecule has 0 radical (unpaired) electrons. The number of nitro benzene ring substituents is 1. The number of anilines is 1. The van der Waals surface area contributed by atoms with E-state index in [9.17, 15) is 19.7 Å². The van der Waals surface area contributed by atoms with Crippen molar-refractivity contribution in [3.05, 3.63) is 58.1 Å². The highest BCUT2D eigenvalue weighted by molar-refractivity contribution is 5.95. The Morgan fingerprint density at radius 1 is 1.18 bits per heavy atom. The minimum atomic E-state index is -0.568. The van der Waals surface area contributed by atoms with Gasteiger partial charge in [-0.05, 0) is 42.8 Å². The van der Waals surface area contributed by atoms with E-state index < -0.39 is 23.3 Å². The first-order valence-electron chi connectivity index (χ1n) is 8.42. The highest BCUT2D eigenvalue weighted by atomic mass is 16.6. The van der Waals surface area contributed by atoms with E-state index in [2.05, 4.69) is 0 Å². The summed E-state index contributed by atoms with van der Waals surface area (Å²) in [6.45, 7) is 1.34. The topological polar surface area (TPSA) is 125 Å². The van der Waals surface area contributed by atoms with Crippen LogP contribution in [0, 0.1) is 17.0 Å². The second-order valence-corrected chi connectivity index (χ2v) is 5.98. The molecule has 0 unspecified atom stereocenters. The van der Waals surface area contributed by atoms with Gasteiger partial charge < -0.3 is 20.1 Å². The number of ether oxygens (including phenoxy) is 2. The molecule has 2 aromatic carbocycles. The van der Waals surface area contributed by atoms with Crippen LogP contribution in [0.2, 0.25) is 0 Å². The molecule has 0 bridgehead atoms. The van der Waals surface area contributed by atoms with Gasteiger partial charge in [0.05, 0.1) is 12.0 Å². The molecule has 2 aromatic rings. The molecule has 0 aliphatic heterocycles. The predicted molar refractivity (Wildman–Crippen MR) is 102 cm³/mol. The fourth-order valence-corrected chi connectivity index (χ4v) is 2.49. The predicted octanol–water partition coefficient (Wildman–Crippen LogP) is 2.20. The van der Waals surface area contributed by atoms with Crippen LogP contribution in [0.5, 0.6) is 11.5 Å². The lowest BCUT2D eigenvalue weighted by Gasteiger charge is -2.22. The van der Waals surface area contributed by atoms with Crippen molar-refractivity contribution >= 4 is 23.2 Å². The van der Waals surface area contributed by atoms with Crippen LogP contribution in [0.25, 0.3) is 0 Å². The zero-order valence-corrected chi connectivity index (χ0v) is 15.6. The Kier molecular flexibility index (Phi) is 6.91. The van der Waals surface area contributed by atoms with Crippen molar-refractivity contribution in [3.8, 4) is 11.5 Å². The number of primary amides is 1. The largest absolute Gasteiger partial charge is 0.497 e. The van der Waals surface area contributed by atoms with Crippen LogP contribution in [0.1, 0.15) is 12.0 Å².